The fourth-order valence-corrected chi connectivity index (χ4v) is 3.58. The van der Waals surface area contributed by atoms with Crippen LogP contribution in [0.15, 0.2) is 18.2 Å². The topological polar surface area (TPSA) is 44.4 Å². The van der Waals surface area contributed by atoms with Crippen molar-refractivity contribution in [1.29, 1.82) is 0 Å². The van der Waals surface area contributed by atoms with Crippen LogP contribution in [-0.2, 0) is 4.79 Å². The van der Waals surface area contributed by atoms with Crippen LogP contribution in [-0.4, -0.2) is 43.1 Å². The van der Waals surface area contributed by atoms with Gasteiger partial charge in [0.05, 0.1) is 17.3 Å². The van der Waals surface area contributed by atoms with Gasteiger partial charge in [0, 0.05) is 36.3 Å². The summed E-state index contributed by atoms with van der Waals surface area (Å²) in [5.41, 5.74) is 1.82. The first-order valence-electron chi connectivity index (χ1n) is 7.38. The Kier molecular flexibility index (Phi) is 4.93. The van der Waals surface area contributed by atoms with Crippen molar-refractivity contribution in [2.75, 3.05) is 41.4 Å². The van der Waals surface area contributed by atoms with Crippen molar-refractivity contribution in [1.82, 2.24) is 5.32 Å². The molecular weight excluding hydrogens is 306 g/mol. The average molecular weight is 326 g/mol. The number of amides is 1. The second-order valence-corrected chi connectivity index (χ2v) is 7.10. The number of thioether (sulfide) groups is 1. The zero-order valence-corrected chi connectivity index (χ0v) is 13.5. The molecule has 114 valence electrons. The maximum Gasteiger partial charge on any atom is 0.238 e. The summed E-state index contributed by atoms with van der Waals surface area (Å²) in [5.74, 6) is 2.27. The molecule has 4 nitrogen and oxygen atoms in total. The molecule has 6 heteroatoms. The molecule has 0 aromatic heterocycles. The zero-order chi connectivity index (χ0) is 14.7. The molecule has 1 amide bonds. The second-order valence-electron chi connectivity index (χ2n) is 5.47. The van der Waals surface area contributed by atoms with Gasteiger partial charge in [0.15, 0.2) is 0 Å². The van der Waals surface area contributed by atoms with Crippen molar-refractivity contribution in [3.8, 4) is 0 Å². The molecule has 0 spiro atoms. The lowest BCUT2D eigenvalue weighted by atomic mass is 10.2. The number of hydrogen-bond donors (Lipinski definition) is 2. The molecule has 2 N–H and O–H groups in total. The van der Waals surface area contributed by atoms with E-state index >= 15 is 0 Å². The highest BCUT2D eigenvalue weighted by Gasteiger charge is 2.21. The predicted molar refractivity (Wildman–Crippen MR) is 90.6 cm³/mol. The molecular formula is C15H20ClN3OS. The van der Waals surface area contributed by atoms with Crippen LogP contribution in [0.4, 0.5) is 11.4 Å². The molecule has 0 bridgehead atoms. The van der Waals surface area contributed by atoms with Gasteiger partial charge in [0.25, 0.3) is 0 Å². The monoisotopic (exact) mass is 325 g/mol. The van der Waals surface area contributed by atoms with E-state index in [0.29, 0.717) is 17.6 Å². The van der Waals surface area contributed by atoms with Crippen molar-refractivity contribution in [2.24, 2.45) is 0 Å². The quantitative estimate of drug-likeness (QED) is 0.873. The van der Waals surface area contributed by atoms with Gasteiger partial charge in [0.2, 0.25) is 5.91 Å². The fraction of sp³-hybridized carbons (Fsp3) is 0.533. The van der Waals surface area contributed by atoms with E-state index in [9.17, 15) is 4.79 Å². The Labute approximate surface area is 134 Å². The van der Waals surface area contributed by atoms with Gasteiger partial charge in [-0.3, -0.25) is 4.79 Å². The van der Waals surface area contributed by atoms with Gasteiger partial charge in [-0.2, -0.15) is 11.8 Å². The largest absolute Gasteiger partial charge is 0.369 e. The van der Waals surface area contributed by atoms with Gasteiger partial charge >= 0.3 is 0 Å². The number of carbonyl (C=O) groups excluding carboxylic acids is 1. The van der Waals surface area contributed by atoms with Gasteiger partial charge < -0.3 is 15.5 Å². The van der Waals surface area contributed by atoms with Crippen molar-refractivity contribution in [2.45, 2.75) is 18.9 Å². The van der Waals surface area contributed by atoms with Crippen LogP contribution < -0.4 is 15.5 Å². The third-order valence-electron chi connectivity index (χ3n) is 3.71. The van der Waals surface area contributed by atoms with Crippen molar-refractivity contribution in [3.05, 3.63) is 23.2 Å². The Morgan fingerprint density at radius 1 is 1.33 bits per heavy atom. The maximum absolute atomic E-state index is 11.8. The lowest BCUT2D eigenvalue weighted by molar-refractivity contribution is -0.115. The Hall–Kier alpha value is -0.910. The molecule has 2 fully saturated rings. The minimum Gasteiger partial charge on any atom is -0.369 e. The Balaban J connectivity index is 1.58. The standard InChI is InChI=1S/C15H20ClN3OS/c16-13-9-12(18-15(20)10-17-11-1-2-11)3-4-14(13)19-5-7-21-8-6-19/h3-4,9,11,17H,1-2,5-8,10H2,(H,18,20). The summed E-state index contributed by atoms with van der Waals surface area (Å²) in [7, 11) is 0. The molecule has 3 rings (SSSR count). The van der Waals surface area contributed by atoms with Gasteiger partial charge in [-0.15, -0.1) is 0 Å². The van der Waals surface area contributed by atoms with E-state index in [-0.39, 0.29) is 5.91 Å². The third-order valence-corrected chi connectivity index (χ3v) is 4.96. The van der Waals surface area contributed by atoms with Gasteiger partial charge in [-0.25, -0.2) is 0 Å². The lowest BCUT2D eigenvalue weighted by Crippen LogP contribution is -2.32. The molecule has 2 aliphatic rings. The molecule has 1 aliphatic heterocycles. The minimum absolute atomic E-state index is 0.0138. The van der Waals surface area contributed by atoms with E-state index in [0.717, 1.165) is 36.0 Å². The van der Waals surface area contributed by atoms with E-state index in [1.54, 1.807) is 0 Å². The first kappa shape index (κ1) is 15.0. The number of benzene rings is 1. The molecule has 1 heterocycles. The van der Waals surface area contributed by atoms with Crippen molar-refractivity contribution in [3.63, 3.8) is 0 Å². The molecule has 21 heavy (non-hydrogen) atoms. The fourth-order valence-electron chi connectivity index (χ4n) is 2.38. The molecule has 1 saturated carbocycles. The molecule has 1 aromatic rings. The molecule has 1 aliphatic carbocycles. The predicted octanol–water partition coefficient (Wildman–Crippen LogP) is 2.58. The number of nitrogens with one attached hydrogen (secondary N) is 2. The van der Waals surface area contributed by atoms with Crippen LogP contribution in [0.5, 0.6) is 0 Å². The van der Waals surface area contributed by atoms with Gasteiger partial charge in [0.1, 0.15) is 0 Å². The summed E-state index contributed by atoms with van der Waals surface area (Å²) < 4.78 is 0. The van der Waals surface area contributed by atoms with Crippen molar-refractivity contribution < 1.29 is 4.79 Å². The number of halogens is 1. The highest BCUT2D eigenvalue weighted by atomic mass is 35.5. The van der Waals surface area contributed by atoms with Gasteiger partial charge in [-0.05, 0) is 31.0 Å². The van der Waals surface area contributed by atoms with Crippen LogP contribution >= 0.6 is 23.4 Å². The zero-order valence-electron chi connectivity index (χ0n) is 11.9. The molecule has 0 unspecified atom stereocenters. The summed E-state index contributed by atoms with van der Waals surface area (Å²) >= 11 is 8.34. The summed E-state index contributed by atoms with van der Waals surface area (Å²) in [5, 5.41) is 6.79. The molecule has 1 aromatic carbocycles. The highest BCUT2D eigenvalue weighted by molar-refractivity contribution is 7.99. The third kappa shape index (κ3) is 4.28. The smallest absolute Gasteiger partial charge is 0.238 e. The van der Waals surface area contributed by atoms with E-state index in [4.69, 9.17) is 11.6 Å². The number of hydrogen-bond acceptors (Lipinski definition) is 4. The van der Waals surface area contributed by atoms with E-state index in [2.05, 4.69) is 15.5 Å². The Bertz CT molecular complexity index is 516. The highest BCUT2D eigenvalue weighted by Crippen LogP contribution is 2.30. The van der Waals surface area contributed by atoms with Crippen LogP contribution in [0.1, 0.15) is 12.8 Å². The first-order chi connectivity index (χ1) is 10.2. The van der Waals surface area contributed by atoms with Crippen molar-refractivity contribution >= 4 is 40.6 Å². The van der Waals surface area contributed by atoms with Crippen LogP contribution in [0.25, 0.3) is 0 Å². The number of nitrogens with zero attached hydrogens (tertiary/aromatic N) is 1. The molecule has 0 atom stereocenters. The van der Waals surface area contributed by atoms with E-state index in [1.165, 1.54) is 12.8 Å². The van der Waals surface area contributed by atoms with E-state index in [1.807, 2.05) is 30.0 Å². The summed E-state index contributed by atoms with van der Waals surface area (Å²) in [4.78, 5) is 14.1. The second kappa shape index (κ2) is 6.90. The summed E-state index contributed by atoms with van der Waals surface area (Å²) in [6.07, 6.45) is 2.36. The maximum atomic E-state index is 11.8. The number of carbonyl (C=O) groups is 1. The Morgan fingerprint density at radius 2 is 2.10 bits per heavy atom. The summed E-state index contributed by atoms with van der Waals surface area (Å²) in [6.45, 7) is 2.43. The lowest BCUT2D eigenvalue weighted by Gasteiger charge is -2.29. The van der Waals surface area contributed by atoms with Gasteiger partial charge in [-0.1, -0.05) is 11.6 Å². The van der Waals surface area contributed by atoms with Crippen LogP contribution in [0.3, 0.4) is 0 Å². The van der Waals surface area contributed by atoms with Crippen LogP contribution in [0, 0.1) is 0 Å². The average Bonchev–Trinajstić information content (AvgIpc) is 3.30. The molecule has 1 saturated heterocycles. The first-order valence-corrected chi connectivity index (χ1v) is 8.91. The van der Waals surface area contributed by atoms with Crippen LogP contribution in [0.2, 0.25) is 5.02 Å². The normalized spacial score (nSPS) is 18.6. The number of anilines is 2. The van der Waals surface area contributed by atoms with E-state index < -0.39 is 0 Å². The molecule has 0 radical (unpaired) electrons. The minimum atomic E-state index is -0.0138. The summed E-state index contributed by atoms with van der Waals surface area (Å²) in [6, 6.07) is 6.31. The Morgan fingerprint density at radius 3 is 2.76 bits per heavy atom. The number of rotatable bonds is 5. The SMILES string of the molecule is O=C(CNC1CC1)Nc1ccc(N2CCSCC2)c(Cl)c1.